The summed E-state index contributed by atoms with van der Waals surface area (Å²) in [6.45, 7) is 0. The molecule has 1 aromatic carbocycles. The average molecular weight is 290 g/mol. The Bertz CT molecular complexity index is 439. The van der Waals surface area contributed by atoms with Crippen LogP contribution in [0.15, 0.2) is 30.3 Å². The van der Waals surface area contributed by atoms with Gasteiger partial charge in [-0.05, 0) is 18.4 Å². The summed E-state index contributed by atoms with van der Waals surface area (Å²) in [5.74, 6) is -3.01. The number of hydrogen-bond donors (Lipinski definition) is 4. The van der Waals surface area contributed by atoms with Crippen LogP contribution in [0, 0.1) is 0 Å². The second-order valence-electron chi connectivity index (χ2n) is 4.11. The minimum absolute atomic E-state index is 0. The molecular formula is C12H16ClNO5. The molecule has 0 amide bonds. The molecule has 0 heterocycles. The van der Waals surface area contributed by atoms with Crippen molar-refractivity contribution < 1.29 is 43.0 Å². The molecule has 7 heteroatoms. The maximum Gasteiger partial charge on any atom is 0.366 e. The Hall–Kier alpha value is -1.63. The van der Waals surface area contributed by atoms with Gasteiger partial charge in [-0.3, -0.25) is 0 Å². The van der Waals surface area contributed by atoms with Crippen LogP contribution < -0.4 is 18.1 Å². The molecule has 0 aliphatic carbocycles. The lowest BCUT2D eigenvalue weighted by atomic mass is 9.88. The van der Waals surface area contributed by atoms with Gasteiger partial charge >= 0.3 is 11.9 Å². The fraction of sp³-hybridized carbons (Fsp3) is 0.333. The fourth-order valence-electron chi connectivity index (χ4n) is 1.61. The monoisotopic (exact) mass is 289 g/mol. The second-order valence-corrected chi connectivity index (χ2v) is 4.11. The highest BCUT2D eigenvalue weighted by Crippen LogP contribution is 2.18. The molecule has 0 bridgehead atoms. The predicted octanol–water partition coefficient (Wildman–Crippen LogP) is -3.87. The highest BCUT2D eigenvalue weighted by molar-refractivity contribution is 5.86. The quantitative estimate of drug-likeness (QED) is 0.427. The van der Waals surface area contributed by atoms with Crippen molar-refractivity contribution in [3.8, 4) is 0 Å². The van der Waals surface area contributed by atoms with Crippen LogP contribution in [0.2, 0.25) is 0 Å². The third-order valence-corrected chi connectivity index (χ3v) is 2.88. The van der Waals surface area contributed by atoms with Gasteiger partial charge in [-0.25, -0.2) is 9.59 Å². The molecule has 1 aromatic rings. The number of aryl methyl sites for hydroxylation is 1. The van der Waals surface area contributed by atoms with Gasteiger partial charge in [-0.2, -0.15) is 0 Å². The Morgan fingerprint density at radius 1 is 1.21 bits per heavy atom. The molecule has 0 aromatic heterocycles. The van der Waals surface area contributed by atoms with E-state index in [0.29, 0.717) is 0 Å². The van der Waals surface area contributed by atoms with E-state index in [9.17, 15) is 14.7 Å². The standard InChI is InChI=1S/C12H15NO5.ClH/c13-9(10(14)15)12(18,11(16)17)7-6-8-4-2-1-3-5-8;/h1-5,9,18H,6-7,13H2,(H,14,15)(H,16,17);1H/t9-,12+;/m1./s1. The highest BCUT2D eigenvalue weighted by atomic mass is 35.5. The summed E-state index contributed by atoms with van der Waals surface area (Å²) in [7, 11) is 0. The number of aliphatic carboxylic acids is 2. The van der Waals surface area contributed by atoms with Crippen LogP contribution >= 0.6 is 0 Å². The fourth-order valence-corrected chi connectivity index (χ4v) is 1.61. The number of rotatable bonds is 6. The number of carboxylic acids is 2. The summed E-state index contributed by atoms with van der Waals surface area (Å²) >= 11 is 0. The SMILES string of the molecule is [Cl-].[NH3+][C@H](C(=O)O)[C@@](O)(CCc1ccccc1)C(=O)O. The third kappa shape index (κ3) is 4.20. The molecule has 0 spiro atoms. The molecule has 0 aliphatic rings. The highest BCUT2D eigenvalue weighted by Gasteiger charge is 2.49. The van der Waals surface area contributed by atoms with E-state index in [-0.39, 0.29) is 25.2 Å². The van der Waals surface area contributed by atoms with Gasteiger partial charge in [0.25, 0.3) is 0 Å². The Kier molecular flexibility index (Phi) is 6.47. The Morgan fingerprint density at radius 2 is 1.74 bits per heavy atom. The molecule has 19 heavy (non-hydrogen) atoms. The molecule has 6 N–H and O–H groups in total. The van der Waals surface area contributed by atoms with E-state index in [1.165, 1.54) is 0 Å². The number of hydrogen-bond acceptors (Lipinski definition) is 3. The molecule has 1 rings (SSSR count). The van der Waals surface area contributed by atoms with E-state index < -0.39 is 23.6 Å². The van der Waals surface area contributed by atoms with Crippen molar-refractivity contribution in [3.05, 3.63) is 35.9 Å². The first-order valence-corrected chi connectivity index (χ1v) is 5.43. The van der Waals surface area contributed by atoms with E-state index in [1.54, 1.807) is 24.3 Å². The lowest BCUT2D eigenvalue weighted by Crippen LogP contribution is -3.00. The molecule has 0 aliphatic heterocycles. The van der Waals surface area contributed by atoms with Crippen LogP contribution in [-0.2, 0) is 16.0 Å². The first-order chi connectivity index (χ1) is 8.38. The van der Waals surface area contributed by atoms with E-state index >= 15 is 0 Å². The first kappa shape index (κ1) is 17.4. The molecule has 0 unspecified atom stereocenters. The lowest BCUT2D eigenvalue weighted by Gasteiger charge is -2.24. The summed E-state index contributed by atoms with van der Waals surface area (Å²) in [6.07, 6.45) is 0.0652. The lowest BCUT2D eigenvalue weighted by molar-refractivity contribution is -0.436. The molecule has 0 fully saturated rings. The molecule has 2 atom stereocenters. The van der Waals surface area contributed by atoms with Crippen molar-refractivity contribution >= 4 is 11.9 Å². The number of aliphatic hydroxyl groups is 1. The number of benzene rings is 1. The van der Waals surface area contributed by atoms with E-state index in [4.69, 9.17) is 10.2 Å². The van der Waals surface area contributed by atoms with E-state index in [0.717, 1.165) is 5.56 Å². The Labute approximate surface area is 116 Å². The Morgan fingerprint density at radius 3 is 2.16 bits per heavy atom. The van der Waals surface area contributed by atoms with Gasteiger partial charge in [-0.15, -0.1) is 0 Å². The van der Waals surface area contributed by atoms with Crippen LogP contribution in [0.25, 0.3) is 0 Å². The van der Waals surface area contributed by atoms with Crippen LogP contribution in [0.5, 0.6) is 0 Å². The smallest absolute Gasteiger partial charge is 0.366 e. The first-order valence-electron chi connectivity index (χ1n) is 5.43. The summed E-state index contributed by atoms with van der Waals surface area (Å²) in [5, 5.41) is 27.7. The summed E-state index contributed by atoms with van der Waals surface area (Å²) in [4.78, 5) is 21.8. The maximum absolute atomic E-state index is 11.0. The van der Waals surface area contributed by atoms with Crippen molar-refractivity contribution in [1.82, 2.24) is 0 Å². The zero-order valence-corrected chi connectivity index (χ0v) is 10.9. The molecular weight excluding hydrogens is 274 g/mol. The largest absolute Gasteiger partial charge is 1.00 e. The van der Waals surface area contributed by atoms with Gasteiger partial charge in [0.1, 0.15) is 0 Å². The average Bonchev–Trinajstić information content (AvgIpc) is 2.35. The summed E-state index contributed by atoms with van der Waals surface area (Å²) in [6, 6.07) is 7.33. The van der Waals surface area contributed by atoms with Crippen molar-refractivity contribution in [2.45, 2.75) is 24.5 Å². The number of carboxylic acid groups (broad SMARTS) is 2. The molecule has 106 valence electrons. The number of carbonyl (C=O) groups is 2. The van der Waals surface area contributed by atoms with Gasteiger partial charge in [0.2, 0.25) is 11.6 Å². The van der Waals surface area contributed by atoms with E-state index in [1.807, 2.05) is 6.07 Å². The van der Waals surface area contributed by atoms with Gasteiger partial charge in [-0.1, -0.05) is 30.3 Å². The van der Waals surface area contributed by atoms with Crippen molar-refractivity contribution in [2.24, 2.45) is 0 Å². The summed E-state index contributed by atoms with van der Waals surface area (Å²) in [5.41, 5.74) is 1.68. The van der Waals surface area contributed by atoms with E-state index in [2.05, 4.69) is 5.73 Å². The van der Waals surface area contributed by atoms with Crippen molar-refractivity contribution in [1.29, 1.82) is 0 Å². The minimum Gasteiger partial charge on any atom is -1.00 e. The van der Waals surface area contributed by atoms with Crippen LogP contribution in [0.3, 0.4) is 0 Å². The molecule has 6 nitrogen and oxygen atoms in total. The zero-order valence-electron chi connectivity index (χ0n) is 10.1. The van der Waals surface area contributed by atoms with Crippen molar-refractivity contribution in [3.63, 3.8) is 0 Å². The number of quaternary nitrogens is 1. The van der Waals surface area contributed by atoms with Crippen molar-refractivity contribution in [2.75, 3.05) is 0 Å². The maximum atomic E-state index is 11.0. The topological polar surface area (TPSA) is 122 Å². The normalized spacial score (nSPS) is 14.8. The second kappa shape index (κ2) is 7.08. The molecule has 0 radical (unpaired) electrons. The molecule has 0 saturated carbocycles. The summed E-state index contributed by atoms with van der Waals surface area (Å²) < 4.78 is 0. The van der Waals surface area contributed by atoms with Gasteiger partial charge in [0.15, 0.2) is 0 Å². The van der Waals surface area contributed by atoms with Crippen LogP contribution in [0.1, 0.15) is 12.0 Å². The Balaban J connectivity index is 0.00000324. The van der Waals surface area contributed by atoms with Gasteiger partial charge in [0, 0.05) is 0 Å². The predicted molar refractivity (Wildman–Crippen MR) is 61.7 cm³/mol. The van der Waals surface area contributed by atoms with Crippen LogP contribution in [0.4, 0.5) is 0 Å². The third-order valence-electron chi connectivity index (χ3n) is 2.88. The van der Waals surface area contributed by atoms with Gasteiger partial charge in [0.05, 0.1) is 0 Å². The zero-order chi connectivity index (χ0) is 13.8. The molecule has 0 saturated heterocycles. The minimum atomic E-state index is -2.36. The number of halogens is 1. The van der Waals surface area contributed by atoms with Crippen LogP contribution in [-0.4, -0.2) is 38.9 Å². The van der Waals surface area contributed by atoms with Gasteiger partial charge < -0.3 is 33.5 Å².